The summed E-state index contributed by atoms with van der Waals surface area (Å²) in [5.41, 5.74) is 0.478. The SMILES string of the molecule is C[C@H]1O[C@H](O)[C@H](F)[C@@H](OC(=O)c2ccccc2)[C@H]1OC(=O)c1ccccc1. The molecule has 1 saturated heterocycles. The van der Waals surface area contributed by atoms with Gasteiger partial charge in [0.25, 0.3) is 0 Å². The Morgan fingerprint density at radius 3 is 1.81 bits per heavy atom. The number of carbonyl (C=O) groups is 2. The molecule has 0 aromatic heterocycles. The van der Waals surface area contributed by atoms with Crippen molar-refractivity contribution in [3.63, 3.8) is 0 Å². The van der Waals surface area contributed by atoms with Crippen LogP contribution in [0.2, 0.25) is 0 Å². The molecule has 6 nitrogen and oxygen atoms in total. The minimum atomic E-state index is -2.07. The number of aliphatic hydroxyl groups excluding tert-OH is 1. The maximum Gasteiger partial charge on any atom is 0.338 e. The highest BCUT2D eigenvalue weighted by molar-refractivity contribution is 5.90. The number of hydrogen-bond acceptors (Lipinski definition) is 6. The predicted octanol–water partition coefficient (Wildman–Crippen LogP) is 2.51. The Hall–Kier alpha value is -2.77. The molecule has 0 aliphatic carbocycles. The highest BCUT2D eigenvalue weighted by Crippen LogP contribution is 2.28. The minimum Gasteiger partial charge on any atom is -0.452 e. The summed E-state index contributed by atoms with van der Waals surface area (Å²) in [6, 6.07) is 16.2. The van der Waals surface area contributed by atoms with Gasteiger partial charge in [-0.15, -0.1) is 0 Å². The number of esters is 2. The maximum absolute atomic E-state index is 14.6. The molecule has 142 valence electrons. The van der Waals surface area contributed by atoms with Gasteiger partial charge in [0.1, 0.15) is 0 Å². The summed E-state index contributed by atoms with van der Waals surface area (Å²) in [6.45, 7) is 1.50. The van der Waals surface area contributed by atoms with Gasteiger partial charge in [-0.1, -0.05) is 36.4 Å². The van der Waals surface area contributed by atoms with Crippen molar-refractivity contribution in [3.8, 4) is 0 Å². The van der Waals surface area contributed by atoms with Crippen molar-refractivity contribution in [2.45, 2.75) is 37.7 Å². The molecule has 0 bridgehead atoms. The number of hydrogen-bond donors (Lipinski definition) is 1. The van der Waals surface area contributed by atoms with Crippen LogP contribution in [0.1, 0.15) is 27.6 Å². The van der Waals surface area contributed by atoms with Crippen LogP contribution in [-0.4, -0.2) is 47.8 Å². The first-order valence-corrected chi connectivity index (χ1v) is 8.47. The van der Waals surface area contributed by atoms with Gasteiger partial charge in [0.2, 0.25) is 0 Å². The highest BCUT2D eigenvalue weighted by Gasteiger charge is 2.49. The van der Waals surface area contributed by atoms with Crippen molar-refractivity contribution in [3.05, 3.63) is 71.8 Å². The van der Waals surface area contributed by atoms with Crippen LogP contribution in [0.15, 0.2) is 60.7 Å². The van der Waals surface area contributed by atoms with E-state index in [-0.39, 0.29) is 11.1 Å². The molecule has 27 heavy (non-hydrogen) atoms. The van der Waals surface area contributed by atoms with Crippen molar-refractivity contribution >= 4 is 11.9 Å². The van der Waals surface area contributed by atoms with E-state index >= 15 is 0 Å². The summed E-state index contributed by atoms with van der Waals surface area (Å²) in [6.07, 6.45) is -7.47. The van der Waals surface area contributed by atoms with Crippen LogP contribution in [0.25, 0.3) is 0 Å². The van der Waals surface area contributed by atoms with Crippen LogP contribution in [-0.2, 0) is 14.2 Å². The third-order valence-electron chi connectivity index (χ3n) is 4.23. The van der Waals surface area contributed by atoms with Gasteiger partial charge in [-0.05, 0) is 31.2 Å². The van der Waals surface area contributed by atoms with Crippen molar-refractivity contribution in [2.24, 2.45) is 0 Å². The fourth-order valence-electron chi connectivity index (χ4n) is 2.81. The summed E-state index contributed by atoms with van der Waals surface area (Å²) in [4.78, 5) is 24.7. The number of benzene rings is 2. The lowest BCUT2D eigenvalue weighted by atomic mass is 10.00. The van der Waals surface area contributed by atoms with Gasteiger partial charge >= 0.3 is 11.9 Å². The first-order chi connectivity index (χ1) is 13.0. The standard InChI is InChI=1S/C20H19FO6/c1-12-16(26-18(22)13-8-4-2-5-9-13)17(15(21)20(24)25-12)27-19(23)14-10-6-3-7-11-14/h2-12,15-17,20,24H,1H3/t12-,15-,16+,17-,20+/m1/s1. The molecule has 1 heterocycles. The Kier molecular flexibility index (Phi) is 5.83. The first kappa shape index (κ1) is 19.0. The molecular formula is C20H19FO6. The normalized spacial score (nSPS) is 27.6. The van der Waals surface area contributed by atoms with E-state index in [4.69, 9.17) is 14.2 Å². The Balaban J connectivity index is 1.80. The summed E-state index contributed by atoms with van der Waals surface area (Å²) >= 11 is 0. The average molecular weight is 374 g/mol. The number of halogens is 1. The summed E-state index contributed by atoms with van der Waals surface area (Å²) in [5.74, 6) is -1.49. The molecule has 2 aromatic carbocycles. The molecule has 1 aliphatic heterocycles. The zero-order valence-corrected chi connectivity index (χ0v) is 14.5. The van der Waals surface area contributed by atoms with E-state index in [0.29, 0.717) is 0 Å². The van der Waals surface area contributed by atoms with Gasteiger partial charge in [-0.25, -0.2) is 14.0 Å². The largest absolute Gasteiger partial charge is 0.452 e. The first-order valence-electron chi connectivity index (χ1n) is 8.47. The molecular weight excluding hydrogens is 355 g/mol. The lowest BCUT2D eigenvalue weighted by Crippen LogP contribution is -2.58. The Morgan fingerprint density at radius 1 is 0.889 bits per heavy atom. The zero-order valence-electron chi connectivity index (χ0n) is 14.5. The number of rotatable bonds is 4. The van der Waals surface area contributed by atoms with Crippen molar-refractivity contribution in [1.29, 1.82) is 0 Å². The van der Waals surface area contributed by atoms with Gasteiger partial charge in [-0.2, -0.15) is 0 Å². The van der Waals surface area contributed by atoms with E-state index in [9.17, 15) is 19.1 Å². The van der Waals surface area contributed by atoms with Crippen LogP contribution in [0.4, 0.5) is 4.39 Å². The van der Waals surface area contributed by atoms with Crippen LogP contribution in [0.5, 0.6) is 0 Å². The second-order valence-corrected chi connectivity index (χ2v) is 6.15. The molecule has 7 heteroatoms. The van der Waals surface area contributed by atoms with Gasteiger partial charge in [0.05, 0.1) is 17.2 Å². The van der Waals surface area contributed by atoms with Crippen molar-refractivity contribution in [2.75, 3.05) is 0 Å². The van der Waals surface area contributed by atoms with Gasteiger partial charge in [0.15, 0.2) is 24.7 Å². The molecule has 0 unspecified atom stereocenters. The van der Waals surface area contributed by atoms with Gasteiger partial charge in [-0.3, -0.25) is 0 Å². The second kappa shape index (κ2) is 8.28. The quantitative estimate of drug-likeness (QED) is 0.828. The molecule has 1 aliphatic rings. The van der Waals surface area contributed by atoms with Crippen LogP contribution >= 0.6 is 0 Å². The molecule has 5 atom stereocenters. The third-order valence-corrected chi connectivity index (χ3v) is 4.23. The van der Waals surface area contributed by atoms with E-state index in [2.05, 4.69) is 0 Å². The molecule has 0 spiro atoms. The minimum absolute atomic E-state index is 0.214. The Bertz CT molecular complexity index is 782. The van der Waals surface area contributed by atoms with Gasteiger partial charge in [0, 0.05) is 0 Å². The van der Waals surface area contributed by atoms with E-state index < -0.39 is 42.7 Å². The monoisotopic (exact) mass is 374 g/mol. The van der Waals surface area contributed by atoms with Crippen LogP contribution < -0.4 is 0 Å². The fourth-order valence-corrected chi connectivity index (χ4v) is 2.81. The summed E-state index contributed by atoms with van der Waals surface area (Å²) in [7, 11) is 0. The van der Waals surface area contributed by atoms with Crippen LogP contribution in [0.3, 0.4) is 0 Å². The number of aliphatic hydroxyl groups is 1. The topological polar surface area (TPSA) is 82.1 Å². The van der Waals surface area contributed by atoms with E-state index in [1.165, 1.54) is 19.1 Å². The second-order valence-electron chi connectivity index (χ2n) is 6.15. The lowest BCUT2D eigenvalue weighted by molar-refractivity contribution is -0.260. The van der Waals surface area contributed by atoms with Gasteiger partial charge < -0.3 is 19.3 Å². The Morgan fingerprint density at radius 2 is 1.33 bits per heavy atom. The number of ether oxygens (including phenoxy) is 3. The summed E-state index contributed by atoms with van der Waals surface area (Å²) in [5, 5.41) is 9.74. The number of carbonyl (C=O) groups excluding carboxylic acids is 2. The molecule has 1 fully saturated rings. The van der Waals surface area contributed by atoms with Crippen molar-refractivity contribution < 1.29 is 33.3 Å². The molecule has 0 radical (unpaired) electrons. The number of alkyl halides is 1. The predicted molar refractivity (Wildman–Crippen MR) is 92.7 cm³/mol. The van der Waals surface area contributed by atoms with Crippen LogP contribution in [0, 0.1) is 0 Å². The van der Waals surface area contributed by atoms with E-state index in [0.717, 1.165) is 0 Å². The maximum atomic E-state index is 14.6. The van der Waals surface area contributed by atoms with E-state index in [1.54, 1.807) is 48.5 Å². The lowest BCUT2D eigenvalue weighted by Gasteiger charge is -2.39. The van der Waals surface area contributed by atoms with E-state index in [1.807, 2.05) is 0 Å². The molecule has 3 rings (SSSR count). The zero-order chi connectivity index (χ0) is 19.4. The Labute approximate surface area is 155 Å². The molecule has 0 saturated carbocycles. The summed E-state index contributed by atoms with van der Waals surface area (Å²) < 4.78 is 30.2. The highest BCUT2D eigenvalue weighted by atomic mass is 19.1. The van der Waals surface area contributed by atoms with Crippen molar-refractivity contribution in [1.82, 2.24) is 0 Å². The average Bonchev–Trinajstić information content (AvgIpc) is 2.69. The smallest absolute Gasteiger partial charge is 0.338 e. The third kappa shape index (κ3) is 4.32. The fraction of sp³-hybridized carbons (Fsp3) is 0.300. The molecule has 2 aromatic rings. The molecule has 1 N–H and O–H groups in total. The molecule has 0 amide bonds.